The quantitative estimate of drug-likeness (QED) is 0.720. The molecule has 2 aliphatic rings. The largest absolute Gasteiger partial charge is 0.494 e. The van der Waals surface area contributed by atoms with E-state index in [4.69, 9.17) is 4.74 Å². The fourth-order valence-electron chi connectivity index (χ4n) is 4.19. The first-order valence-electron chi connectivity index (χ1n) is 10.7. The van der Waals surface area contributed by atoms with Crippen molar-refractivity contribution < 1.29 is 18.7 Å². The van der Waals surface area contributed by atoms with Crippen LogP contribution in [0.15, 0.2) is 18.2 Å². The van der Waals surface area contributed by atoms with E-state index >= 15 is 0 Å². The Morgan fingerprint density at radius 3 is 2.55 bits per heavy atom. The van der Waals surface area contributed by atoms with Gasteiger partial charge in [-0.3, -0.25) is 14.5 Å². The predicted octanol–water partition coefficient (Wildman–Crippen LogP) is 2.22. The van der Waals surface area contributed by atoms with Crippen molar-refractivity contribution in [1.82, 2.24) is 15.1 Å². The Morgan fingerprint density at radius 1 is 1.17 bits per heavy atom. The number of aryl methyl sites for hydroxylation is 1. The summed E-state index contributed by atoms with van der Waals surface area (Å²) >= 11 is 0. The SMILES string of the molecule is COc1ccc(CCC(=O)NCCN2CCN(C(=O)C3CCCC3)CC2)cc1F. The lowest BCUT2D eigenvalue weighted by atomic mass is 10.1. The number of ether oxygens (including phenoxy) is 1. The first-order valence-corrected chi connectivity index (χ1v) is 10.7. The molecule has 1 heterocycles. The van der Waals surface area contributed by atoms with Crippen LogP contribution in [0.25, 0.3) is 0 Å². The van der Waals surface area contributed by atoms with E-state index in [9.17, 15) is 14.0 Å². The average Bonchev–Trinajstić information content (AvgIpc) is 3.27. The molecule has 0 atom stereocenters. The fourth-order valence-corrected chi connectivity index (χ4v) is 4.19. The molecule has 7 heteroatoms. The summed E-state index contributed by atoms with van der Waals surface area (Å²) in [6.45, 7) is 4.66. The number of carbonyl (C=O) groups is 2. The molecule has 1 aromatic rings. The number of hydrogen-bond donors (Lipinski definition) is 1. The van der Waals surface area contributed by atoms with Crippen molar-refractivity contribution >= 4 is 11.8 Å². The molecule has 0 unspecified atom stereocenters. The maximum Gasteiger partial charge on any atom is 0.225 e. The van der Waals surface area contributed by atoms with Crippen molar-refractivity contribution in [2.24, 2.45) is 5.92 Å². The normalized spacial score (nSPS) is 18.1. The standard InChI is InChI=1S/C22H32FN3O3/c1-29-20-8-6-17(16-19(20)23)7-9-21(27)24-10-11-25-12-14-26(15-13-25)22(28)18-4-2-3-5-18/h6,8,16,18H,2-5,7,9-15H2,1H3,(H,24,27). The average molecular weight is 406 g/mol. The molecule has 2 fully saturated rings. The summed E-state index contributed by atoms with van der Waals surface area (Å²) in [5.41, 5.74) is 0.779. The highest BCUT2D eigenvalue weighted by atomic mass is 19.1. The van der Waals surface area contributed by atoms with Gasteiger partial charge in [-0.1, -0.05) is 18.9 Å². The molecule has 0 spiro atoms. The highest BCUT2D eigenvalue weighted by Gasteiger charge is 2.29. The van der Waals surface area contributed by atoms with Crippen molar-refractivity contribution in [3.05, 3.63) is 29.6 Å². The summed E-state index contributed by atoms with van der Waals surface area (Å²) < 4.78 is 18.6. The van der Waals surface area contributed by atoms with E-state index in [-0.39, 0.29) is 17.6 Å². The zero-order valence-corrected chi connectivity index (χ0v) is 17.3. The summed E-state index contributed by atoms with van der Waals surface area (Å²) in [7, 11) is 1.43. The molecule has 1 N–H and O–H groups in total. The third-order valence-electron chi connectivity index (χ3n) is 6.00. The molecule has 6 nitrogen and oxygen atoms in total. The van der Waals surface area contributed by atoms with Crippen LogP contribution >= 0.6 is 0 Å². The van der Waals surface area contributed by atoms with Gasteiger partial charge in [0.05, 0.1) is 7.11 Å². The van der Waals surface area contributed by atoms with E-state index in [2.05, 4.69) is 10.2 Å². The smallest absolute Gasteiger partial charge is 0.225 e. The van der Waals surface area contributed by atoms with Gasteiger partial charge in [0, 0.05) is 51.6 Å². The van der Waals surface area contributed by atoms with E-state index in [0.717, 1.165) is 51.1 Å². The second-order valence-corrected chi connectivity index (χ2v) is 7.97. The maximum atomic E-state index is 13.7. The van der Waals surface area contributed by atoms with Crippen LogP contribution in [0.1, 0.15) is 37.7 Å². The molecule has 0 aromatic heterocycles. The number of rotatable bonds is 8. The highest BCUT2D eigenvalue weighted by Crippen LogP contribution is 2.26. The van der Waals surface area contributed by atoms with E-state index < -0.39 is 5.82 Å². The molecule has 29 heavy (non-hydrogen) atoms. The Balaban J connectivity index is 1.29. The summed E-state index contributed by atoms with van der Waals surface area (Å²) in [6, 6.07) is 4.78. The topological polar surface area (TPSA) is 61.9 Å². The zero-order valence-electron chi connectivity index (χ0n) is 17.3. The summed E-state index contributed by atoms with van der Waals surface area (Å²) in [5, 5.41) is 2.94. The van der Waals surface area contributed by atoms with E-state index in [0.29, 0.717) is 25.3 Å². The van der Waals surface area contributed by atoms with Gasteiger partial charge in [-0.05, 0) is 37.0 Å². The van der Waals surface area contributed by atoms with Crippen molar-refractivity contribution in [3.63, 3.8) is 0 Å². The fraction of sp³-hybridized carbons (Fsp3) is 0.636. The Kier molecular flexibility index (Phi) is 7.86. The summed E-state index contributed by atoms with van der Waals surface area (Å²) in [6.07, 6.45) is 5.29. The second-order valence-electron chi connectivity index (χ2n) is 7.97. The van der Waals surface area contributed by atoms with Crippen LogP contribution in [0.4, 0.5) is 4.39 Å². The molecule has 0 radical (unpaired) electrons. The maximum absolute atomic E-state index is 13.7. The molecule has 1 aliphatic heterocycles. The van der Waals surface area contributed by atoms with Crippen LogP contribution in [-0.4, -0.2) is 68.0 Å². The van der Waals surface area contributed by atoms with Gasteiger partial charge in [0.15, 0.2) is 11.6 Å². The molecule has 1 saturated heterocycles. The molecule has 1 saturated carbocycles. The minimum absolute atomic E-state index is 0.0312. The van der Waals surface area contributed by atoms with Gasteiger partial charge in [-0.25, -0.2) is 4.39 Å². The number of nitrogens with zero attached hydrogens (tertiary/aromatic N) is 2. The number of benzene rings is 1. The lowest BCUT2D eigenvalue weighted by Gasteiger charge is -2.36. The molecule has 3 rings (SSSR count). The summed E-state index contributed by atoms with van der Waals surface area (Å²) in [4.78, 5) is 28.8. The first kappa shape index (κ1) is 21.6. The number of methoxy groups -OCH3 is 1. The third kappa shape index (κ3) is 6.16. The predicted molar refractivity (Wildman–Crippen MR) is 109 cm³/mol. The second kappa shape index (κ2) is 10.6. The molecule has 1 aliphatic carbocycles. The number of nitrogens with one attached hydrogen (secondary N) is 1. The lowest BCUT2D eigenvalue weighted by molar-refractivity contribution is -0.137. The van der Waals surface area contributed by atoms with Crippen molar-refractivity contribution in [1.29, 1.82) is 0 Å². The van der Waals surface area contributed by atoms with E-state index in [1.54, 1.807) is 12.1 Å². The van der Waals surface area contributed by atoms with Gasteiger partial charge in [0.25, 0.3) is 0 Å². The van der Waals surface area contributed by atoms with Gasteiger partial charge in [-0.2, -0.15) is 0 Å². The van der Waals surface area contributed by atoms with Crippen LogP contribution < -0.4 is 10.1 Å². The number of carbonyl (C=O) groups excluding carboxylic acids is 2. The zero-order chi connectivity index (χ0) is 20.6. The van der Waals surface area contributed by atoms with Gasteiger partial charge < -0.3 is 15.0 Å². The first-order chi connectivity index (χ1) is 14.1. The molecule has 2 amide bonds. The Morgan fingerprint density at radius 2 is 1.90 bits per heavy atom. The van der Waals surface area contributed by atoms with Crippen molar-refractivity contribution in [3.8, 4) is 5.75 Å². The van der Waals surface area contributed by atoms with Crippen molar-refractivity contribution in [2.45, 2.75) is 38.5 Å². The van der Waals surface area contributed by atoms with Gasteiger partial charge in [0.1, 0.15) is 0 Å². The lowest BCUT2D eigenvalue weighted by Crippen LogP contribution is -2.51. The Hall–Kier alpha value is -2.15. The number of piperazine rings is 1. The Bertz CT molecular complexity index is 699. The van der Waals surface area contributed by atoms with Crippen LogP contribution in [0.5, 0.6) is 5.75 Å². The van der Waals surface area contributed by atoms with Crippen LogP contribution in [0.3, 0.4) is 0 Å². The van der Waals surface area contributed by atoms with Crippen LogP contribution in [0.2, 0.25) is 0 Å². The summed E-state index contributed by atoms with van der Waals surface area (Å²) in [5.74, 6) is 0.362. The third-order valence-corrected chi connectivity index (χ3v) is 6.00. The number of amides is 2. The molecule has 160 valence electrons. The highest BCUT2D eigenvalue weighted by molar-refractivity contribution is 5.79. The Labute approximate surface area is 172 Å². The van der Waals surface area contributed by atoms with Gasteiger partial charge >= 0.3 is 0 Å². The minimum atomic E-state index is -0.407. The monoisotopic (exact) mass is 405 g/mol. The van der Waals surface area contributed by atoms with Crippen LogP contribution in [-0.2, 0) is 16.0 Å². The van der Waals surface area contributed by atoms with Gasteiger partial charge in [0.2, 0.25) is 11.8 Å². The number of halogens is 1. The van der Waals surface area contributed by atoms with Crippen LogP contribution in [0, 0.1) is 11.7 Å². The van der Waals surface area contributed by atoms with Gasteiger partial charge in [-0.15, -0.1) is 0 Å². The van der Waals surface area contributed by atoms with Crippen molar-refractivity contribution in [2.75, 3.05) is 46.4 Å². The molecular formula is C22H32FN3O3. The molecule has 0 bridgehead atoms. The number of hydrogen-bond acceptors (Lipinski definition) is 4. The molecular weight excluding hydrogens is 373 g/mol. The molecule has 1 aromatic carbocycles. The van der Waals surface area contributed by atoms with E-state index in [1.807, 2.05) is 4.90 Å². The minimum Gasteiger partial charge on any atom is -0.494 e. The van der Waals surface area contributed by atoms with E-state index in [1.165, 1.54) is 26.0 Å².